The van der Waals surface area contributed by atoms with Gasteiger partial charge in [0.1, 0.15) is 11.5 Å². The number of imidazole rings is 1. The van der Waals surface area contributed by atoms with Gasteiger partial charge in [0.15, 0.2) is 0 Å². The zero-order valence-corrected chi connectivity index (χ0v) is 22.2. The fourth-order valence-corrected chi connectivity index (χ4v) is 4.26. The summed E-state index contributed by atoms with van der Waals surface area (Å²) in [6.45, 7) is 4.94. The lowest BCUT2D eigenvalue weighted by Gasteiger charge is -2.15. The predicted molar refractivity (Wildman–Crippen MR) is 149 cm³/mol. The highest BCUT2D eigenvalue weighted by atomic mass is 19.4. The molecule has 0 saturated heterocycles. The Bertz CT molecular complexity index is 1800. The van der Waals surface area contributed by atoms with E-state index >= 15 is 0 Å². The molecule has 0 saturated carbocycles. The molecule has 0 unspecified atom stereocenters. The molecule has 5 rings (SSSR count). The van der Waals surface area contributed by atoms with Gasteiger partial charge in [0.2, 0.25) is 5.91 Å². The quantitative estimate of drug-likeness (QED) is 0.232. The second-order valence-corrected chi connectivity index (χ2v) is 9.42. The lowest BCUT2D eigenvalue weighted by molar-refractivity contribution is -0.137. The number of aryl methyl sites for hydroxylation is 2. The molecule has 2 aromatic heterocycles. The molecular weight excluding hydrogens is 535 g/mol. The van der Waals surface area contributed by atoms with Crippen LogP contribution in [0.25, 0.3) is 16.6 Å². The Morgan fingerprint density at radius 2 is 1.73 bits per heavy atom. The Balaban J connectivity index is 1.45. The van der Waals surface area contributed by atoms with E-state index in [0.29, 0.717) is 39.5 Å². The van der Waals surface area contributed by atoms with Crippen molar-refractivity contribution in [3.63, 3.8) is 0 Å². The standard InChI is InChI=1S/C30H24F3N5O3/c1-17-7-8-22(14-27(17)41-26-9-10-34-28-24(26)5-4-6-25(28)36-19(3)39)37-29(40)20-11-21(30(31,32)33)13-23(12-20)38-15-18(2)35-16-38/h4-16H,1-3H3,(H,36,39)(H,37,40). The van der Waals surface area contributed by atoms with E-state index in [1.165, 1.54) is 23.9 Å². The van der Waals surface area contributed by atoms with Crippen LogP contribution in [-0.2, 0) is 11.0 Å². The molecule has 2 N–H and O–H groups in total. The van der Waals surface area contributed by atoms with Crippen LogP contribution in [0.4, 0.5) is 24.5 Å². The summed E-state index contributed by atoms with van der Waals surface area (Å²) in [6.07, 6.45) is -0.143. The third-order valence-electron chi connectivity index (χ3n) is 6.22. The van der Waals surface area contributed by atoms with E-state index in [-0.39, 0.29) is 17.2 Å². The molecule has 0 fully saturated rings. The molecule has 5 aromatic rings. The molecule has 2 amide bonds. The maximum Gasteiger partial charge on any atom is 0.416 e. The minimum Gasteiger partial charge on any atom is -0.456 e. The van der Waals surface area contributed by atoms with Gasteiger partial charge in [-0.25, -0.2) is 4.98 Å². The van der Waals surface area contributed by atoms with E-state index < -0.39 is 17.6 Å². The summed E-state index contributed by atoms with van der Waals surface area (Å²) in [6, 6.07) is 15.1. The lowest BCUT2D eigenvalue weighted by atomic mass is 10.1. The minimum absolute atomic E-state index is 0.154. The summed E-state index contributed by atoms with van der Waals surface area (Å²) >= 11 is 0. The van der Waals surface area contributed by atoms with Crippen molar-refractivity contribution < 1.29 is 27.5 Å². The summed E-state index contributed by atoms with van der Waals surface area (Å²) in [5, 5.41) is 6.07. The molecule has 208 valence electrons. The molecule has 0 radical (unpaired) electrons. The van der Waals surface area contributed by atoms with Crippen molar-refractivity contribution in [2.45, 2.75) is 26.9 Å². The van der Waals surface area contributed by atoms with Crippen LogP contribution >= 0.6 is 0 Å². The summed E-state index contributed by atoms with van der Waals surface area (Å²) in [7, 11) is 0. The van der Waals surface area contributed by atoms with Gasteiger partial charge >= 0.3 is 6.18 Å². The van der Waals surface area contributed by atoms with Crippen LogP contribution in [0.2, 0.25) is 0 Å². The van der Waals surface area contributed by atoms with Crippen LogP contribution < -0.4 is 15.4 Å². The number of alkyl halides is 3. The van der Waals surface area contributed by atoms with Crippen LogP contribution in [0, 0.1) is 13.8 Å². The molecule has 11 heteroatoms. The van der Waals surface area contributed by atoms with Gasteiger partial charge in [-0.15, -0.1) is 0 Å². The van der Waals surface area contributed by atoms with Crippen LogP contribution in [0.15, 0.2) is 79.4 Å². The van der Waals surface area contributed by atoms with Gasteiger partial charge in [0.25, 0.3) is 5.91 Å². The summed E-state index contributed by atoms with van der Waals surface area (Å²) in [5.41, 5.74) is 1.79. The average molecular weight is 560 g/mol. The van der Waals surface area contributed by atoms with Crippen LogP contribution in [0.5, 0.6) is 11.5 Å². The van der Waals surface area contributed by atoms with Crippen LogP contribution in [0.1, 0.15) is 34.1 Å². The first-order valence-corrected chi connectivity index (χ1v) is 12.5. The highest BCUT2D eigenvalue weighted by molar-refractivity contribution is 6.05. The fraction of sp³-hybridized carbons (Fsp3) is 0.133. The summed E-state index contributed by atoms with van der Waals surface area (Å²) < 4.78 is 48.6. The number of amides is 2. The molecule has 0 spiro atoms. The molecule has 0 aliphatic rings. The van der Waals surface area contributed by atoms with Gasteiger partial charge in [0.05, 0.1) is 28.8 Å². The number of para-hydroxylation sites is 1. The van der Waals surface area contributed by atoms with Crippen molar-refractivity contribution in [2.24, 2.45) is 0 Å². The third-order valence-corrected chi connectivity index (χ3v) is 6.22. The number of hydrogen-bond acceptors (Lipinski definition) is 5. The van der Waals surface area contributed by atoms with Crippen molar-refractivity contribution in [3.8, 4) is 17.2 Å². The lowest BCUT2D eigenvalue weighted by Crippen LogP contribution is -2.15. The first kappa shape index (κ1) is 27.4. The van der Waals surface area contributed by atoms with Gasteiger partial charge in [0, 0.05) is 47.7 Å². The Labute approximate surface area is 232 Å². The number of hydrogen-bond donors (Lipinski definition) is 2. The number of nitrogens with one attached hydrogen (secondary N) is 2. The van der Waals surface area contributed by atoms with Crippen molar-refractivity contribution in [1.82, 2.24) is 14.5 Å². The highest BCUT2D eigenvalue weighted by Gasteiger charge is 2.32. The number of aromatic nitrogens is 3. The number of carbonyl (C=O) groups excluding carboxylic acids is 2. The van der Waals surface area contributed by atoms with E-state index in [2.05, 4.69) is 20.6 Å². The molecule has 0 atom stereocenters. The van der Waals surface area contributed by atoms with Crippen molar-refractivity contribution in [2.75, 3.05) is 10.6 Å². The Morgan fingerprint density at radius 3 is 2.44 bits per heavy atom. The average Bonchev–Trinajstić information content (AvgIpc) is 3.36. The second kappa shape index (κ2) is 10.8. The Kier molecular flexibility index (Phi) is 7.19. The van der Waals surface area contributed by atoms with E-state index in [1.54, 1.807) is 61.8 Å². The molecule has 0 aliphatic heterocycles. The van der Waals surface area contributed by atoms with E-state index in [4.69, 9.17) is 4.74 Å². The number of anilines is 2. The molecule has 0 aliphatic carbocycles. The Morgan fingerprint density at radius 1 is 0.927 bits per heavy atom. The number of ether oxygens (including phenoxy) is 1. The number of nitrogens with zero attached hydrogens (tertiary/aromatic N) is 3. The van der Waals surface area contributed by atoms with E-state index in [0.717, 1.165) is 17.7 Å². The van der Waals surface area contributed by atoms with Gasteiger partial charge in [-0.05, 0) is 61.9 Å². The number of pyridine rings is 1. The van der Waals surface area contributed by atoms with Crippen LogP contribution in [0.3, 0.4) is 0 Å². The summed E-state index contributed by atoms with van der Waals surface area (Å²) in [5.74, 6) is -0.0815. The molecule has 2 heterocycles. The molecular formula is C30H24F3N5O3. The van der Waals surface area contributed by atoms with Crippen molar-refractivity contribution in [1.29, 1.82) is 0 Å². The number of carbonyl (C=O) groups is 2. The fourth-order valence-electron chi connectivity index (χ4n) is 4.26. The maximum absolute atomic E-state index is 13.7. The highest BCUT2D eigenvalue weighted by Crippen LogP contribution is 2.35. The van der Waals surface area contributed by atoms with Gasteiger partial charge < -0.3 is 19.9 Å². The van der Waals surface area contributed by atoms with Gasteiger partial charge in [-0.1, -0.05) is 12.1 Å². The van der Waals surface area contributed by atoms with Crippen LogP contribution in [-0.4, -0.2) is 26.3 Å². The zero-order chi connectivity index (χ0) is 29.3. The normalized spacial score (nSPS) is 11.4. The second-order valence-electron chi connectivity index (χ2n) is 9.42. The number of fused-ring (bicyclic) bond motifs is 1. The van der Waals surface area contributed by atoms with Gasteiger partial charge in [-0.3, -0.25) is 14.6 Å². The molecule has 0 bridgehead atoms. The number of benzene rings is 3. The number of rotatable bonds is 6. The molecule has 8 nitrogen and oxygen atoms in total. The first-order valence-electron chi connectivity index (χ1n) is 12.5. The van der Waals surface area contributed by atoms with E-state index in [1.807, 2.05) is 6.92 Å². The SMILES string of the molecule is CC(=O)Nc1cccc2c(Oc3cc(NC(=O)c4cc(-n5cnc(C)c5)cc(C(F)(F)F)c4)ccc3C)ccnc12. The summed E-state index contributed by atoms with van der Waals surface area (Å²) in [4.78, 5) is 33.2. The maximum atomic E-state index is 13.7. The predicted octanol–water partition coefficient (Wildman–Crippen LogP) is 7.06. The third kappa shape index (κ3) is 6.03. The van der Waals surface area contributed by atoms with Crippen molar-refractivity contribution >= 4 is 34.1 Å². The molecule has 3 aromatic carbocycles. The van der Waals surface area contributed by atoms with E-state index in [9.17, 15) is 22.8 Å². The number of halogens is 3. The first-order chi connectivity index (χ1) is 19.5. The minimum atomic E-state index is -4.65. The largest absolute Gasteiger partial charge is 0.456 e. The topological polar surface area (TPSA) is 98.1 Å². The smallest absolute Gasteiger partial charge is 0.416 e. The van der Waals surface area contributed by atoms with Crippen molar-refractivity contribution in [3.05, 3.63) is 102 Å². The van der Waals surface area contributed by atoms with Gasteiger partial charge in [-0.2, -0.15) is 13.2 Å². The Hall–Kier alpha value is -5.19. The zero-order valence-electron chi connectivity index (χ0n) is 22.2. The molecule has 41 heavy (non-hydrogen) atoms. The monoisotopic (exact) mass is 559 g/mol.